The summed E-state index contributed by atoms with van der Waals surface area (Å²) in [6, 6.07) is 1.82. The van der Waals surface area contributed by atoms with Gasteiger partial charge >= 0.3 is 0 Å². The Morgan fingerprint density at radius 1 is 1.67 bits per heavy atom. The van der Waals surface area contributed by atoms with E-state index in [-0.39, 0.29) is 0 Å². The number of rotatable bonds is 5. The lowest BCUT2D eigenvalue weighted by Crippen LogP contribution is -2.25. The second-order valence-corrected chi connectivity index (χ2v) is 3.61. The summed E-state index contributed by atoms with van der Waals surface area (Å²) in [4.78, 5) is 6.46. The number of likely N-dealkylation sites (N-methyl/N-ethyl adjacent to an activating group) is 1. The van der Waals surface area contributed by atoms with Crippen LogP contribution in [0.2, 0.25) is 0 Å². The van der Waals surface area contributed by atoms with Crippen LogP contribution < -0.4 is 10.6 Å². The largest absolute Gasteiger partial charge is 0.389 e. The number of nitrogens with two attached hydrogens (primary N) is 1. The number of thiocarbonyl (C=S) groups is 1. The lowest BCUT2D eigenvalue weighted by molar-refractivity contribution is 0.206. The van der Waals surface area contributed by atoms with E-state index in [1.54, 1.807) is 19.5 Å². The van der Waals surface area contributed by atoms with Crippen LogP contribution in [0.3, 0.4) is 0 Å². The van der Waals surface area contributed by atoms with Gasteiger partial charge in [0.15, 0.2) is 0 Å². The smallest absolute Gasteiger partial charge is 0.106 e. The van der Waals surface area contributed by atoms with Crippen LogP contribution in [0.4, 0.5) is 5.69 Å². The van der Waals surface area contributed by atoms with Crippen LogP contribution in [0.5, 0.6) is 0 Å². The molecule has 1 heterocycles. The van der Waals surface area contributed by atoms with E-state index in [2.05, 4.69) is 4.98 Å². The minimum atomic E-state index is 0.386. The molecule has 0 bridgehead atoms. The summed E-state index contributed by atoms with van der Waals surface area (Å²) in [6.07, 6.45) is 3.44. The summed E-state index contributed by atoms with van der Waals surface area (Å²) in [6.45, 7) is 1.43. The highest BCUT2D eigenvalue weighted by Crippen LogP contribution is 2.17. The van der Waals surface area contributed by atoms with Crippen molar-refractivity contribution in [2.24, 2.45) is 5.73 Å². The predicted molar refractivity (Wildman–Crippen MR) is 65.3 cm³/mol. The number of anilines is 1. The molecule has 1 aromatic heterocycles. The Balaban J connectivity index is 2.87. The van der Waals surface area contributed by atoms with Crippen LogP contribution in [-0.2, 0) is 4.74 Å². The fourth-order valence-corrected chi connectivity index (χ4v) is 1.42. The monoisotopic (exact) mass is 225 g/mol. The molecule has 0 amide bonds. The summed E-state index contributed by atoms with van der Waals surface area (Å²) >= 11 is 4.97. The van der Waals surface area contributed by atoms with Gasteiger partial charge in [0, 0.05) is 32.5 Å². The van der Waals surface area contributed by atoms with Crippen LogP contribution in [0.15, 0.2) is 18.5 Å². The van der Waals surface area contributed by atoms with Crippen LogP contribution in [0, 0.1) is 0 Å². The molecule has 15 heavy (non-hydrogen) atoms. The molecule has 0 aliphatic rings. The first-order valence-corrected chi connectivity index (χ1v) is 5.01. The lowest BCUT2D eigenvalue weighted by Gasteiger charge is -2.20. The first-order valence-electron chi connectivity index (χ1n) is 4.60. The average molecular weight is 225 g/mol. The van der Waals surface area contributed by atoms with Crippen LogP contribution in [-0.4, -0.2) is 37.3 Å². The van der Waals surface area contributed by atoms with Crippen molar-refractivity contribution in [3.8, 4) is 0 Å². The highest BCUT2D eigenvalue weighted by Gasteiger charge is 2.08. The number of hydrogen-bond acceptors (Lipinski definition) is 4. The normalized spacial score (nSPS) is 10.0. The van der Waals surface area contributed by atoms with Gasteiger partial charge in [0.1, 0.15) is 4.99 Å². The Bertz CT molecular complexity index is 343. The highest BCUT2D eigenvalue weighted by molar-refractivity contribution is 7.80. The van der Waals surface area contributed by atoms with Gasteiger partial charge in [-0.1, -0.05) is 12.2 Å². The van der Waals surface area contributed by atoms with Gasteiger partial charge in [-0.2, -0.15) is 0 Å². The molecule has 0 unspecified atom stereocenters. The Kier molecular flexibility index (Phi) is 4.45. The van der Waals surface area contributed by atoms with Gasteiger partial charge in [0.05, 0.1) is 18.5 Å². The maximum absolute atomic E-state index is 5.63. The van der Waals surface area contributed by atoms with Crippen molar-refractivity contribution in [1.82, 2.24) is 4.98 Å². The molecular weight excluding hydrogens is 210 g/mol. The first-order chi connectivity index (χ1) is 7.16. The zero-order valence-corrected chi connectivity index (χ0v) is 9.75. The fourth-order valence-electron chi connectivity index (χ4n) is 1.25. The van der Waals surface area contributed by atoms with E-state index < -0.39 is 0 Å². The van der Waals surface area contributed by atoms with Gasteiger partial charge in [0.2, 0.25) is 0 Å². The number of hydrogen-bond donors (Lipinski definition) is 1. The van der Waals surface area contributed by atoms with E-state index in [9.17, 15) is 0 Å². The van der Waals surface area contributed by atoms with Gasteiger partial charge in [-0.25, -0.2) is 0 Å². The van der Waals surface area contributed by atoms with Gasteiger partial charge in [-0.3, -0.25) is 4.98 Å². The Hall–Kier alpha value is -1.20. The second-order valence-electron chi connectivity index (χ2n) is 3.17. The fraction of sp³-hybridized carbons (Fsp3) is 0.400. The standard InChI is InChI=1S/C10H15N3OS/c1-13(5-6-14-2)9-7-12-4-3-8(9)10(11)15/h3-4,7H,5-6H2,1-2H3,(H2,11,15). The molecular formula is C10H15N3OS. The molecule has 2 N–H and O–H groups in total. The highest BCUT2D eigenvalue weighted by atomic mass is 32.1. The van der Waals surface area contributed by atoms with E-state index in [4.69, 9.17) is 22.7 Å². The predicted octanol–water partition coefficient (Wildman–Crippen LogP) is 0.798. The molecule has 0 aliphatic carbocycles. The van der Waals surface area contributed by atoms with Crippen molar-refractivity contribution in [3.05, 3.63) is 24.0 Å². The van der Waals surface area contributed by atoms with Crippen molar-refractivity contribution in [3.63, 3.8) is 0 Å². The van der Waals surface area contributed by atoms with Crippen LogP contribution >= 0.6 is 12.2 Å². The molecule has 0 saturated carbocycles. The molecule has 5 heteroatoms. The molecule has 0 radical (unpaired) electrons. The molecule has 0 atom stereocenters. The number of nitrogens with zero attached hydrogens (tertiary/aromatic N) is 2. The quantitative estimate of drug-likeness (QED) is 0.751. The van der Waals surface area contributed by atoms with Crippen molar-refractivity contribution >= 4 is 22.9 Å². The number of ether oxygens (including phenoxy) is 1. The summed E-state index contributed by atoms with van der Waals surface area (Å²) in [5.74, 6) is 0. The van der Waals surface area contributed by atoms with E-state index >= 15 is 0 Å². The molecule has 1 aromatic rings. The zero-order chi connectivity index (χ0) is 11.3. The Labute approximate surface area is 95.0 Å². The molecule has 0 saturated heterocycles. The molecule has 4 nitrogen and oxygen atoms in total. The zero-order valence-electron chi connectivity index (χ0n) is 8.93. The maximum Gasteiger partial charge on any atom is 0.106 e. The molecule has 1 rings (SSSR count). The lowest BCUT2D eigenvalue weighted by atomic mass is 10.2. The third kappa shape index (κ3) is 3.14. The summed E-state index contributed by atoms with van der Waals surface area (Å²) in [5, 5.41) is 0. The van der Waals surface area contributed by atoms with Gasteiger partial charge < -0.3 is 15.4 Å². The second kappa shape index (κ2) is 5.63. The third-order valence-electron chi connectivity index (χ3n) is 2.11. The Morgan fingerprint density at radius 3 is 3.00 bits per heavy atom. The third-order valence-corrected chi connectivity index (χ3v) is 2.33. The number of pyridine rings is 1. The van der Waals surface area contributed by atoms with Crippen molar-refractivity contribution in [2.45, 2.75) is 0 Å². The van der Waals surface area contributed by atoms with Crippen molar-refractivity contribution in [2.75, 3.05) is 32.2 Å². The van der Waals surface area contributed by atoms with Gasteiger partial charge in [0.25, 0.3) is 0 Å². The molecule has 0 aliphatic heterocycles. The number of aromatic nitrogens is 1. The summed E-state index contributed by atoms with van der Waals surface area (Å²) in [7, 11) is 3.63. The summed E-state index contributed by atoms with van der Waals surface area (Å²) in [5.41, 5.74) is 7.41. The van der Waals surface area contributed by atoms with Gasteiger partial charge in [-0.15, -0.1) is 0 Å². The molecule has 0 fully saturated rings. The SMILES string of the molecule is COCCN(C)c1cnccc1C(N)=S. The van der Waals surface area contributed by atoms with E-state index in [1.807, 2.05) is 18.0 Å². The topological polar surface area (TPSA) is 51.4 Å². The number of methoxy groups -OCH3 is 1. The molecule has 0 aromatic carbocycles. The van der Waals surface area contributed by atoms with Crippen molar-refractivity contribution in [1.29, 1.82) is 0 Å². The van der Waals surface area contributed by atoms with Crippen LogP contribution in [0.1, 0.15) is 5.56 Å². The van der Waals surface area contributed by atoms with E-state index in [0.717, 1.165) is 17.8 Å². The average Bonchev–Trinajstić information content (AvgIpc) is 2.25. The molecule has 0 spiro atoms. The Morgan fingerprint density at radius 2 is 2.40 bits per heavy atom. The first kappa shape index (κ1) is 11.9. The van der Waals surface area contributed by atoms with E-state index in [1.165, 1.54) is 0 Å². The maximum atomic E-state index is 5.63. The molecule has 82 valence electrons. The minimum Gasteiger partial charge on any atom is -0.389 e. The van der Waals surface area contributed by atoms with Crippen LogP contribution in [0.25, 0.3) is 0 Å². The minimum absolute atomic E-state index is 0.386. The van der Waals surface area contributed by atoms with E-state index in [0.29, 0.717) is 11.6 Å². The van der Waals surface area contributed by atoms with Gasteiger partial charge in [-0.05, 0) is 6.07 Å². The van der Waals surface area contributed by atoms with Crippen molar-refractivity contribution < 1.29 is 4.74 Å². The summed E-state index contributed by atoms with van der Waals surface area (Å²) < 4.78 is 5.01.